The highest BCUT2D eigenvalue weighted by Gasteiger charge is 2.36. The Balaban J connectivity index is 1.49. The van der Waals surface area contributed by atoms with Crippen molar-refractivity contribution in [3.05, 3.63) is 22.4 Å². The molecule has 0 amide bonds. The molecular weight excluding hydrogens is 308 g/mol. The van der Waals surface area contributed by atoms with E-state index in [-0.39, 0.29) is 17.7 Å². The Morgan fingerprint density at radius 1 is 1.29 bits per heavy atom. The number of hydrogen-bond donors (Lipinski definition) is 2. The molecule has 2 fully saturated rings. The molecule has 0 spiro atoms. The molecule has 0 aromatic carbocycles. The maximum atomic E-state index is 12.1. The number of rotatable bonds is 3. The third-order valence-electron chi connectivity index (χ3n) is 5.22. The molecule has 2 atom stereocenters. The summed E-state index contributed by atoms with van der Waals surface area (Å²) in [6.07, 6.45) is 4.93. The van der Waals surface area contributed by atoms with E-state index in [2.05, 4.69) is 24.9 Å². The lowest BCUT2D eigenvalue weighted by atomic mass is 10.1. The van der Waals surface area contributed by atoms with Crippen LogP contribution in [0.4, 0.5) is 0 Å². The van der Waals surface area contributed by atoms with Gasteiger partial charge in [0, 0.05) is 26.2 Å². The zero-order chi connectivity index (χ0) is 16.7. The molecular formula is C16H24N6O2. The van der Waals surface area contributed by atoms with Crippen molar-refractivity contribution in [3.63, 3.8) is 0 Å². The van der Waals surface area contributed by atoms with Gasteiger partial charge in [-0.3, -0.25) is 19.3 Å². The molecule has 2 saturated heterocycles. The SMILES string of the molecule is Cn1ncc2c(=O)[nH]c(CN3C[C@H](O)[C@@H](N4CCCCC4)C3)nc21. The maximum absolute atomic E-state index is 12.1. The minimum Gasteiger partial charge on any atom is -0.390 e. The van der Waals surface area contributed by atoms with E-state index in [4.69, 9.17) is 0 Å². The van der Waals surface area contributed by atoms with Gasteiger partial charge in [0.25, 0.3) is 5.56 Å². The van der Waals surface area contributed by atoms with E-state index < -0.39 is 0 Å². The van der Waals surface area contributed by atoms with Crippen LogP contribution < -0.4 is 5.56 Å². The topological polar surface area (TPSA) is 90.3 Å². The summed E-state index contributed by atoms with van der Waals surface area (Å²) < 4.78 is 1.61. The zero-order valence-electron chi connectivity index (χ0n) is 14.0. The van der Waals surface area contributed by atoms with Gasteiger partial charge < -0.3 is 10.1 Å². The monoisotopic (exact) mass is 332 g/mol. The fourth-order valence-corrected chi connectivity index (χ4v) is 3.95. The van der Waals surface area contributed by atoms with Crippen LogP contribution >= 0.6 is 0 Å². The highest BCUT2D eigenvalue weighted by molar-refractivity contribution is 5.72. The van der Waals surface area contributed by atoms with E-state index in [0.717, 1.165) is 19.6 Å². The van der Waals surface area contributed by atoms with Gasteiger partial charge >= 0.3 is 0 Å². The molecule has 4 rings (SSSR count). The van der Waals surface area contributed by atoms with E-state index in [9.17, 15) is 9.90 Å². The average Bonchev–Trinajstić information content (AvgIpc) is 3.12. The molecule has 2 aromatic heterocycles. The number of aromatic nitrogens is 4. The third kappa shape index (κ3) is 2.85. The molecule has 24 heavy (non-hydrogen) atoms. The van der Waals surface area contributed by atoms with E-state index >= 15 is 0 Å². The predicted molar refractivity (Wildman–Crippen MR) is 89.6 cm³/mol. The van der Waals surface area contributed by atoms with Crippen molar-refractivity contribution in [2.75, 3.05) is 26.2 Å². The highest BCUT2D eigenvalue weighted by Crippen LogP contribution is 2.21. The smallest absolute Gasteiger partial charge is 0.262 e. The number of hydrogen-bond acceptors (Lipinski definition) is 6. The molecule has 8 heteroatoms. The summed E-state index contributed by atoms with van der Waals surface area (Å²) in [7, 11) is 1.78. The minimum absolute atomic E-state index is 0.157. The van der Waals surface area contributed by atoms with Crippen LogP contribution in [0.1, 0.15) is 25.1 Å². The number of piperidine rings is 1. The van der Waals surface area contributed by atoms with Crippen LogP contribution in [0, 0.1) is 0 Å². The van der Waals surface area contributed by atoms with Gasteiger partial charge in [-0.25, -0.2) is 4.98 Å². The minimum atomic E-state index is -0.338. The Morgan fingerprint density at radius 3 is 2.88 bits per heavy atom. The summed E-state index contributed by atoms with van der Waals surface area (Å²) in [5.41, 5.74) is 0.441. The Kier molecular flexibility index (Phi) is 4.11. The Labute approximate surface area is 140 Å². The first kappa shape index (κ1) is 15.7. The van der Waals surface area contributed by atoms with Gasteiger partial charge in [-0.05, 0) is 25.9 Å². The van der Waals surface area contributed by atoms with E-state index in [0.29, 0.717) is 29.9 Å². The normalized spacial score (nSPS) is 26.4. The second-order valence-corrected chi connectivity index (χ2v) is 6.94. The molecule has 130 valence electrons. The molecule has 0 aliphatic carbocycles. The lowest BCUT2D eigenvalue weighted by Gasteiger charge is -2.33. The lowest BCUT2D eigenvalue weighted by Crippen LogP contribution is -2.45. The van der Waals surface area contributed by atoms with Gasteiger partial charge in [0.05, 0.1) is 18.8 Å². The lowest BCUT2D eigenvalue weighted by molar-refractivity contribution is 0.0706. The second-order valence-electron chi connectivity index (χ2n) is 6.94. The molecule has 8 nitrogen and oxygen atoms in total. The van der Waals surface area contributed by atoms with Crippen LogP contribution in [0.5, 0.6) is 0 Å². The first-order chi connectivity index (χ1) is 11.6. The van der Waals surface area contributed by atoms with Crippen LogP contribution in [0.15, 0.2) is 11.0 Å². The van der Waals surface area contributed by atoms with Gasteiger partial charge in [0.2, 0.25) is 0 Å². The van der Waals surface area contributed by atoms with Gasteiger partial charge in [0.15, 0.2) is 5.65 Å². The molecule has 2 aromatic rings. The van der Waals surface area contributed by atoms with Crippen molar-refractivity contribution >= 4 is 11.0 Å². The number of β-amino-alcohol motifs (C(OH)–C–C–N with tert-alkyl or cyclic N) is 1. The number of aryl methyl sites for hydroxylation is 1. The summed E-state index contributed by atoms with van der Waals surface area (Å²) in [6, 6.07) is 0.192. The number of nitrogens with zero attached hydrogens (tertiary/aromatic N) is 5. The number of nitrogens with one attached hydrogen (secondary N) is 1. The van der Waals surface area contributed by atoms with Gasteiger partial charge in [-0.1, -0.05) is 6.42 Å². The Bertz CT molecular complexity index is 778. The molecule has 0 saturated carbocycles. The molecule has 0 unspecified atom stereocenters. The van der Waals surface area contributed by atoms with Crippen LogP contribution in [0.2, 0.25) is 0 Å². The Morgan fingerprint density at radius 2 is 2.08 bits per heavy atom. The fraction of sp³-hybridized carbons (Fsp3) is 0.688. The quantitative estimate of drug-likeness (QED) is 0.801. The summed E-state index contributed by atoms with van der Waals surface area (Å²) >= 11 is 0. The molecule has 2 aliphatic heterocycles. The van der Waals surface area contributed by atoms with Crippen LogP contribution in [0.25, 0.3) is 11.0 Å². The number of H-pyrrole nitrogens is 1. The van der Waals surface area contributed by atoms with Crippen molar-refractivity contribution < 1.29 is 5.11 Å². The first-order valence-electron chi connectivity index (χ1n) is 8.67. The van der Waals surface area contributed by atoms with Crippen LogP contribution in [0.3, 0.4) is 0 Å². The number of fused-ring (bicyclic) bond motifs is 1. The van der Waals surface area contributed by atoms with Crippen molar-refractivity contribution in [2.24, 2.45) is 7.05 Å². The fourth-order valence-electron chi connectivity index (χ4n) is 3.95. The standard InChI is InChI=1S/C16H24N6O2/c1-20-15-11(7-17-20)16(24)19-14(18-15)10-21-8-12(13(23)9-21)22-5-3-2-4-6-22/h7,12-13,23H,2-6,8-10H2,1H3,(H,18,19,24)/t12-,13-/m0/s1. The molecule has 0 bridgehead atoms. The molecule has 2 N–H and O–H groups in total. The van der Waals surface area contributed by atoms with Crippen molar-refractivity contribution in [3.8, 4) is 0 Å². The number of aromatic amines is 1. The number of likely N-dealkylation sites (tertiary alicyclic amines) is 2. The summed E-state index contributed by atoms with van der Waals surface area (Å²) in [5, 5.41) is 15.0. The van der Waals surface area contributed by atoms with E-state index in [1.165, 1.54) is 25.5 Å². The molecule has 2 aliphatic rings. The first-order valence-corrected chi connectivity index (χ1v) is 8.67. The summed E-state index contributed by atoms with van der Waals surface area (Å²) in [5.74, 6) is 0.627. The van der Waals surface area contributed by atoms with Crippen LogP contribution in [-0.4, -0.2) is 73.0 Å². The molecule has 4 heterocycles. The third-order valence-corrected chi connectivity index (χ3v) is 5.22. The molecule has 0 radical (unpaired) electrons. The van der Waals surface area contributed by atoms with Crippen LogP contribution in [-0.2, 0) is 13.6 Å². The zero-order valence-corrected chi connectivity index (χ0v) is 14.0. The summed E-state index contributed by atoms with van der Waals surface area (Å²) in [6.45, 7) is 4.12. The van der Waals surface area contributed by atoms with E-state index in [1.54, 1.807) is 11.7 Å². The average molecular weight is 332 g/mol. The van der Waals surface area contributed by atoms with E-state index in [1.807, 2.05) is 0 Å². The van der Waals surface area contributed by atoms with Crippen molar-refractivity contribution in [1.82, 2.24) is 29.5 Å². The van der Waals surface area contributed by atoms with Gasteiger partial charge in [-0.15, -0.1) is 0 Å². The van der Waals surface area contributed by atoms with Crippen molar-refractivity contribution in [1.29, 1.82) is 0 Å². The predicted octanol–water partition coefficient (Wildman–Crippen LogP) is -0.312. The summed E-state index contributed by atoms with van der Waals surface area (Å²) in [4.78, 5) is 24.1. The number of aliphatic hydroxyl groups is 1. The Hall–Kier alpha value is -1.77. The maximum Gasteiger partial charge on any atom is 0.262 e. The second kappa shape index (κ2) is 6.27. The largest absolute Gasteiger partial charge is 0.390 e. The van der Waals surface area contributed by atoms with Gasteiger partial charge in [-0.2, -0.15) is 5.10 Å². The van der Waals surface area contributed by atoms with Crippen molar-refractivity contribution in [2.45, 2.75) is 38.0 Å². The number of aliphatic hydroxyl groups excluding tert-OH is 1. The highest BCUT2D eigenvalue weighted by atomic mass is 16.3. The van der Waals surface area contributed by atoms with Gasteiger partial charge in [0.1, 0.15) is 11.2 Å².